The summed E-state index contributed by atoms with van der Waals surface area (Å²) in [5, 5.41) is 1.54. The minimum absolute atomic E-state index is 0.00142. The van der Waals surface area contributed by atoms with Gasteiger partial charge < -0.3 is 14.4 Å². The number of fused-ring (bicyclic) bond motifs is 7. The molecule has 4 saturated heterocycles. The summed E-state index contributed by atoms with van der Waals surface area (Å²) in [6.45, 7) is 9.47. The number of hydrogen-bond donors (Lipinski definition) is 0. The van der Waals surface area contributed by atoms with E-state index < -0.39 is 28.9 Å². The molecule has 0 N–H and O–H groups in total. The maximum Gasteiger partial charge on any atom is 0.410 e. The third-order valence-corrected chi connectivity index (χ3v) is 12.1. The van der Waals surface area contributed by atoms with Crippen molar-refractivity contribution in [1.29, 1.82) is 0 Å². The second-order valence-electron chi connectivity index (χ2n) is 16.6. The van der Waals surface area contributed by atoms with Crippen molar-refractivity contribution in [3.63, 3.8) is 0 Å². The van der Waals surface area contributed by atoms with Crippen LogP contribution >= 0.6 is 0 Å². The Morgan fingerprint density at radius 3 is 2.70 bits per heavy atom. The van der Waals surface area contributed by atoms with E-state index in [-0.39, 0.29) is 59.5 Å². The number of carbonyl (C=O) groups is 1. The summed E-state index contributed by atoms with van der Waals surface area (Å²) in [5.74, 6) is 1.51. The minimum Gasteiger partial charge on any atom is -0.461 e. The van der Waals surface area contributed by atoms with Crippen LogP contribution in [0.2, 0.25) is 0 Å². The van der Waals surface area contributed by atoms with E-state index in [0.717, 1.165) is 32.2 Å². The zero-order valence-electron chi connectivity index (χ0n) is 30.5. The van der Waals surface area contributed by atoms with Crippen molar-refractivity contribution in [2.75, 3.05) is 31.1 Å². The van der Waals surface area contributed by atoms with Crippen LogP contribution < -0.4 is 9.64 Å². The average molecular weight is 725 g/mol. The quantitative estimate of drug-likeness (QED) is 0.200. The van der Waals surface area contributed by atoms with Gasteiger partial charge in [0.05, 0.1) is 40.3 Å². The normalized spacial score (nSPS) is 27.8. The first-order valence-corrected chi connectivity index (χ1v) is 18.7. The summed E-state index contributed by atoms with van der Waals surface area (Å²) in [6, 6.07) is 7.76. The second-order valence-corrected chi connectivity index (χ2v) is 16.6. The lowest BCUT2D eigenvalue weighted by atomic mass is 9.91. The summed E-state index contributed by atoms with van der Waals surface area (Å²) in [5.41, 5.74) is -0.0565. The van der Waals surface area contributed by atoms with Gasteiger partial charge >= 0.3 is 12.1 Å². The van der Waals surface area contributed by atoms with Gasteiger partial charge in [0.15, 0.2) is 5.82 Å². The Hall–Kier alpha value is -4.63. The van der Waals surface area contributed by atoms with Crippen molar-refractivity contribution < 1.29 is 27.4 Å². The molecule has 1 amide bonds. The molecule has 5 aliphatic heterocycles. The molecule has 9 nitrogen and oxygen atoms in total. The van der Waals surface area contributed by atoms with Crippen molar-refractivity contribution in [2.24, 2.45) is 0 Å². The van der Waals surface area contributed by atoms with Crippen LogP contribution in [0.15, 0.2) is 30.3 Å². The molecule has 2 aromatic carbocycles. The van der Waals surface area contributed by atoms with Crippen LogP contribution in [0.3, 0.4) is 0 Å². The molecular weight excluding hydrogens is 681 g/mol. The molecule has 2 aromatic heterocycles. The lowest BCUT2D eigenvalue weighted by Crippen LogP contribution is -2.62. The van der Waals surface area contributed by atoms with Crippen LogP contribution in [-0.2, 0) is 4.74 Å². The van der Waals surface area contributed by atoms with Gasteiger partial charge in [-0.15, -0.1) is 6.42 Å². The molecule has 2 bridgehead atoms. The van der Waals surface area contributed by atoms with E-state index in [9.17, 15) is 9.18 Å². The highest BCUT2D eigenvalue weighted by molar-refractivity contribution is 6.03. The molecule has 0 radical (unpaired) electrons. The van der Waals surface area contributed by atoms with Crippen molar-refractivity contribution in [3.05, 3.63) is 53.2 Å². The van der Waals surface area contributed by atoms with Crippen LogP contribution in [0.25, 0.3) is 32.9 Å². The van der Waals surface area contributed by atoms with E-state index >= 15 is 8.78 Å². The Morgan fingerprint density at radius 2 is 1.91 bits per heavy atom. The van der Waals surface area contributed by atoms with Crippen LogP contribution in [0.5, 0.6) is 6.01 Å². The standard InChI is InChI=1S/C41H43F3N6O3/c1-6-26-28(43)13-11-23-9-7-10-27(31(23)26)35-33(44)36-32-34(45-35)22(2)17-30-29-14-12-25(50(29)39(51)53-40(3,4)5)20-49(30)37(32)47-38(46-36)52-21-41-15-8-16-48(41)19-24(42)18-41/h1,7,9-11,13,22,24-25,29-30H,8,12,14-21H2,2-5H3/t22-,24-,25-,29+,30+,41+/m1/s1. The molecule has 9 rings (SSSR count). The molecule has 0 spiro atoms. The Kier molecular flexibility index (Phi) is 7.86. The van der Waals surface area contributed by atoms with E-state index in [1.54, 1.807) is 18.2 Å². The number of pyridine rings is 1. The zero-order valence-corrected chi connectivity index (χ0v) is 30.5. The van der Waals surface area contributed by atoms with E-state index in [2.05, 4.69) is 22.6 Å². The van der Waals surface area contributed by atoms with Crippen LogP contribution in [0, 0.1) is 24.0 Å². The molecule has 6 atom stereocenters. The van der Waals surface area contributed by atoms with Gasteiger partial charge in [-0.05, 0) is 70.9 Å². The average Bonchev–Trinajstić information content (AvgIpc) is 3.73. The number of amides is 1. The molecule has 4 aromatic rings. The monoisotopic (exact) mass is 724 g/mol. The number of terminal acetylenes is 1. The zero-order chi connectivity index (χ0) is 37.0. The number of aromatic nitrogens is 3. The minimum atomic E-state index is -0.938. The SMILES string of the molecule is C#Cc1c(F)ccc2cccc(-c3nc4c5c(nc(OC[C@@]67CCCN6C[C@H](F)C7)nc5c3F)N3C[C@H]5CC[C@@H]([C@@H]3C[C@H]4C)N5C(=O)OC(C)(C)C)c12. The first kappa shape index (κ1) is 34.2. The summed E-state index contributed by atoms with van der Waals surface area (Å²) >= 11 is 0. The second kappa shape index (κ2) is 12.2. The number of benzene rings is 2. The summed E-state index contributed by atoms with van der Waals surface area (Å²) in [6.07, 6.45) is 8.86. The highest BCUT2D eigenvalue weighted by atomic mass is 19.1. The molecule has 12 heteroatoms. The molecule has 0 unspecified atom stereocenters. The third kappa shape index (κ3) is 5.40. The third-order valence-electron chi connectivity index (χ3n) is 12.1. The first-order valence-electron chi connectivity index (χ1n) is 18.7. The van der Waals surface area contributed by atoms with Gasteiger partial charge in [-0.25, -0.2) is 22.9 Å². The predicted octanol–water partition coefficient (Wildman–Crippen LogP) is 7.52. The van der Waals surface area contributed by atoms with Crippen LogP contribution in [-0.4, -0.2) is 92.5 Å². The fourth-order valence-electron chi connectivity index (χ4n) is 9.95. The van der Waals surface area contributed by atoms with Crippen molar-refractivity contribution >= 4 is 33.6 Å². The Morgan fingerprint density at radius 1 is 1.08 bits per heavy atom. The van der Waals surface area contributed by atoms with E-state index in [4.69, 9.17) is 30.8 Å². The summed E-state index contributed by atoms with van der Waals surface area (Å²) in [4.78, 5) is 34.7. The van der Waals surface area contributed by atoms with Gasteiger partial charge in [0.25, 0.3) is 0 Å². The number of hydrogen-bond acceptors (Lipinski definition) is 8. The van der Waals surface area contributed by atoms with E-state index in [1.807, 2.05) is 31.7 Å². The van der Waals surface area contributed by atoms with Crippen LogP contribution in [0.1, 0.15) is 83.4 Å². The number of halogens is 3. The molecule has 4 fully saturated rings. The van der Waals surface area contributed by atoms with Gasteiger partial charge in [0.2, 0.25) is 0 Å². The molecule has 276 valence electrons. The number of carbonyl (C=O) groups excluding carboxylic acids is 1. The lowest BCUT2D eigenvalue weighted by molar-refractivity contribution is 0.00692. The largest absolute Gasteiger partial charge is 0.461 e. The predicted molar refractivity (Wildman–Crippen MR) is 196 cm³/mol. The van der Waals surface area contributed by atoms with Gasteiger partial charge in [0, 0.05) is 36.4 Å². The van der Waals surface area contributed by atoms with Crippen molar-refractivity contribution in [3.8, 4) is 29.6 Å². The number of anilines is 1. The van der Waals surface area contributed by atoms with Gasteiger partial charge in [-0.1, -0.05) is 37.1 Å². The Balaban J connectivity index is 1.22. The maximum absolute atomic E-state index is 17.4. The highest BCUT2D eigenvalue weighted by Crippen LogP contribution is 2.48. The Labute approximate surface area is 306 Å². The van der Waals surface area contributed by atoms with E-state index in [0.29, 0.717) is 59.2 Å². The number of ether oxygens (including phenoxy) is 2. The summed E-state index contributed by atoms with van der Waals surface area (Å²) in [7, 11) is 0. The fourth-order valence-corrected chi connectivity index (χ4v) is 9.95. The number of piperazine rings is 1. The molecule has 53 heavy (non-hydrogen) atoms. The molecular formula is C41H43F3N6O3. The topological polar surface area (TPSA) is 83.9 Å². The smallest absolute Gasteiger partial charge is 0.410 e. The fraction of sp³-hybridized carbons (Fsp3) is 0.512. The Bertz CT molecular complexity index is 2220. The van der Waals surface area contributed by atoms with Gasteiger partial charge in [0.1, 0.15) is 41.2 Å². The summed E-state index contributed by atoms with van der Waals surface area (Å²) < 4.78 is 59.5. The highest BCUT2D eigenvalue weighted by Gasteiger charge is 2.53. The van der Waals surface area contributed by atoms with Crippen molar-refractivity contribution in [2.45, 2.75) is 108 Å². The number of nitrogens with zero attached hydrogens (tertiary/aromatic N) is 6. The lowest BCUT2D eigenvalue weighted by Gasteiger charge is -2.47. The number of rotatable bonds is 4. The van der Waals surface area contributed by atoms with Crippen molar-refractivity contribution in [1.82, 2.24) is 24.8 Å². The van der Waals surface area contributed by atoms with E-state index in [1.165, 1.54) is 6.07 Å². The molecule has 0 aliphatic carbocycles. The molecule has 7 heterocycles. The first-order chi connectivity index (χ1) is 25.4. The number of alkyl halides is 1. The molecule has 5 aliphatic rings. The van der Waals surface area contributed by atoms with Gasteiger partial charge in [-0.3, -0.25) is 9.80 Å². The van der Waals surface area contributed by atoms with Gasteiger partial charge in [-0.2, -0.15) is 9.97 Å². The molecule has 0 saturated carbocycles. The maximum atomic E-state index is 17.4. The van der Waals surface area contributed by atoms with Crippen LogP contribution in [0.4, 0.5) is 23.8 Å².